The molecule has 4 fully saturated rings. The summed E-state index contributed by atoms with van der Waals surface area (Å²) < 4.78 is 10.7. The van der Waals surface area contributed by atoms with E-state index in [-0.39, 0.29) is 41.6 Å². The van der Waals surface area contributed by atoms with Crippen molar-refractivity contribution in [2.24, 2.45) is 29.1 Å². The number of ketones is 1. The molecule has 5 atom stereocenters. The zero-order valence-electron chi connectivity index (χ0n) is 30.1. The fraction of sp³-hybridized carbons (Fsp3) is 0.684. The van der Waals surface area contributed by atoms with Gasteiger partial charge in [-0.2, -0.15) is 0 Å². The van der Waals surface area contributed by atoms with Gasteiger partial charge in [-0.05, 0) is 74.7 Å². The molecule has 3 N–H and O–H groups in total. The van der Waals surface area contributed by atoms with Crippen LogP contribution in [0.1, 0.15) is 98.0 Å². The number of carbonyl (C=O) groups is 6. The first-order chi connectivity index (χ1) is 23.7. The maximum absolute atomic E-state index is 14.4. The van der Waals surface area contributed by atoms with Gasteiger partial charge in [-0.25, -0.2) is 4.79 Å². The van der Waals surface area contributed by atoms with Crippen LogP contribution in [0, 0.1) is 29.1 Å². The summed E-state index contributed by atoms with van der Waals surface area (Å²) >= 11 is 0. The number of fused-ring (bicyclic) bond motifs is 1. The minimum atomic E-state index is -1.11. The number of esters is 1. The van der Waals surface area contributed by atoms with Crippen molar-refractivity contribution in [3.05, 3.63) is 35.9 Å². The number of benzene rings is 1. The van der Waals surface area contributed by atoms with E-state index >= 15 is 0 Å². The van der Waals surface area contributed by atoms with Gasteiger partial charge in [-0.15, -0.1) is 0 Å². The van der Waals surface area contributed by atoms with E-state index in [1.165, 1.54) is 0 Å². The van der Waals surface area contributed by atoms with Crippen molar-refractivity contribution < 1.29 is 38.2 Å². The van der Waals surface area contributed by atoms with E-state index in [1.807, 2.05) is 18.2 Å². The smallest absolute Gasteiger partial charge is 0.408 e. The lowest BCUT2D eigenvalue weighted by atomic mass is 9.80. The molecule has 50 heavy (non-hydrogen) atoms. The molecule has 0 aromatic heterocycles. The maximum Gasteiger partial charge on any atom is 0.408 e. The van der Waals surface area contributed by atoms with Crippen LogP contribution in [-0.4, -0.2) is 77.3 Å². The Morgan fingerprint density at radius 1 is 0.920 bits per heavy atom. The van der Waals surface area contributed by atoms with Gasteiger partial charge in [0.25, 0.3) is 5.91 Å². The second-order valence-electron chi connectivity index (χ2n) is 16.2. The Morgan fingerprint density at radius 3 is 2.22 bits per heavy atom. The molecule has 0 radical (unpaired) electrons. The average Bonchev–Trinajstić information content (AvgIpc) is 3.36. The highest BCUT2D eigenvalue weighted by Crippen LogP contribution is 2.65. The lowest BCUT2D eigenvalue weighted by molar-refractivity contribution is -0.147. The van der Waals surface area contributed by atoms with E-state index in [0.717, 1.165) is 56.9 Å². The summed E-state index contributed by atoms with van der Waals surface area (Å²) in [5.74, 6) is -3.27. The Labute approximate surface area is 295 Å². The molecule has 1 heterocycles. The highest BCUT2D eigenvalue weighted by atomic mass is 16.6. The molecule has 3 unspecified atom stereocenters. The Hall–Kier alpha value is -3.96. The molecular formula is C38H54N4O8. The van der Waals surface area contributed by atoms with Crippen molar-refractivity contribution in [2.75, 3.05) is 13.1 Å². The highest BCUT2D eigenvalue weighted by Gasteiger charge is 2.69. The molecule has 1 saturated heterocycles. The van der Waals surface area contributed by atoms with Gasteiger partial charge >= 0.3 is 12.1 Å². The molecule has 4 amide bonds. The van der Waals surface area contributed by atoms with Crippen LogP contribution < -0.4 is 16.0 Å². The number of piperidine rings is 1. The van der Waals surface area contributed by atoms with Crippen LogP contribution in [0.5, 0.6) is 0 Å². The second kappa shape index (κ2) is 15.5. The number of amides is 4. The Kier molecular flexibility index (Phi) is 11.6. The largest absolute Gasteiger partial charge is 0.460 e. The lowest BCUT2D eigenvalue weighted by Crippen LogP contribution is -2.60. The van der Waals surface area contributed by atoms with E-state index in [0.29, 0.717) is 13.0 Å². The molecule has 4 aliphatic rings. The number of carbonyl (C=O) groups excluding carboxylic acids is 6. The first-order valence-corrected chi connectivity index (χ1v) is 18.3. The molecule has 12 heteroatoms. The normalized spacial score (nSPS) is 24.1. The van der Waals surface area contributed by atoms with E-state index in [1.54, 1.807) is 37.8 Å². The number of ether oxygens (including phenoxy) is 2. The zero-order chi connectivity index (χ0) is 36.2. The lowest BCUT2D eigenvalue weighted by Gasteiger charge is -2.37. The number of rotatable bonds is 13. The summed E-state index contributed by atoms with van der Waals surface area (Å²) in [5, 5.41) is 8.09. The Morgan fingerprint density at radius 2 is 1.60 bits per heavy atom. The molecule has 0 bridgehead atoms. The number of hydrogen-bond acceptors (Lipinski definition) is 8. The standard InChI is InChI=1S/C38H54N4O8/c1-37(2,3)50-36(48)41-30(25-17-10-7-11-18-25)35(47)42-21-26-29(38(26,4)5)31(42)33(45)40-27(19-23-15-12-16-23)32(44)34(46)39-20-28(43)49-22-24-13-8-6-9-14-24/h6,8-9,13-14,23,25-27,29-31H,7,10-12,15-22H2,1-5H3,(H,39,46)(H,40,45)(H,41,48)/t26?,27?,29-,30-,31?/m0/s1. The highest BCUT2D eigenvalue weighted by molar-refractivity contribution is 6.38. The second-order valence-corrected chi connectivity index (χ2v) is 16.2. The molecule has 3 aliphatic carbocycles. The number of likely N-dealkylation sites (tertiary alicyclic amines) is 1. The van der Waals surface area contributed by atoms with Crippen LogP contribution in [-0.2, 0) is 40.1 Å². The van der Waals surface area contributed by atoms with Gasteiger partial charge < -0.3 is 30.3 Å². The summed E-state index contributed by atoms with van der Waals surface area (Å²) in [7, 11) is 0. The van der Waals surface area contributed by atoms with Crippen molar-refractivity contribution in [1.82, 2.24) is 20.9 Å². The van der Waals surface area contributed by atoms with Gasteiger partial charge in [0.1, 0.15) is 30.8 Å². The minimum Gasteiger partial charge on any atom is -0.460 e. The molecule has 3 saturated carbocycles. The van der Waals surface area contributed by atoms with E-state index in [9.17, 15) is 28.8 Å². The minimum absolute atomic E-state index is 0.0356. The predicted molar refractivity (Wildman–Crippen MR) is 184 cm³/mol. The molecular weight excluding hydrogens is 640 g/mol. The molecule has 12 nitrogen and oxygen atoms in total. The van der Waals surface area contributed by atoms with Gasteiger partial charge in [0, 0.05) is 6.54 Å². The average molecular weight is 695 g/mol. The quantitative estimate of drug-likeness (QED) is 0.206. The number of alkyl carbamates (subject to hydrolysis) is 1. The monoisotopic (exact) mass is 694 g/mol. The molecule has 1 aromatic carbocycles. The van der Waals surface area contributed by atoms with Gasteiger partial charge in [-0.1, -0.05) is 82.7 Å². The number of Topliss-reactive ketones (excluding diaryl/α,β-unsaturated/α-hetero) is 1. The van der Waals surface area contributed by atoms with Crippen LogP contribution >= 0.6 is 0 Å². The maximum atomic E-state index is 14.4. The van der Waals surface area contributed by atoms with E-state index in [2.05, 4.69) is 29.8 Å². The fourth-order valence-electron chi connectivity index (χ4n) is 8.01. The van der Waals surface area contributed by atoms with Crippen LogP contribution in [0.25, 0.3) is 0 Å². The first kappa shape index (κ1) is 37.3. The zero-order valence-corrected chi connectivity index (χ0v) is 30.1. The molecule has 1 aromatic rings. The summed E-state index contributed by atoms with van der Waals surface area (Å²) in [6.07, 6.45) is 6.92. The molecule has 0 spiro atoms. The van der Waals surface area contributed by atoms with Crippen LogP contribution in [0.3, 0.4) is 0 Å². The molecule has 5 rings (SSSR count). The van der Waals surface area contributed by atoms with Crippen molar-refractivity contribution in [3.8, 4) is 0 Å². The Bertz CT molecular complexity index is 1430. The third-order valence-electron chi connectivity index (χ3n) is 11.1. The van der Waals surface area contributed by atoms with Crippen LogP contribution in [0.2, 0.25) is 0 Å². The summed E-state index contributed by atoms with van der Waals surface area (Å²) in [5.41, 5.74) is -0.150. The summed E-state index contributed by atoms with van der Waals surface area (Å²) in [4.78, 5) is 82.0. The van der Waals surface area contributed by atoms with E-state index in [4.69, 9.17) is 9.47 Å². The Balaban J connectivity index is 1.27. The number of nitrogens with one attached hydrogen (secondary N) is 3. The van der Waals surface area contributed by atoms with Gasteiger partial charge in [0.15, 0.2) is 0 Å². The van der Waals surface area contributed by atoms with Gasteiger partial charge in [0.2, 0.25) is 17.6 Å². The molecule has 274 valence electrons. The topological polar surface area (TPSA) is 160 Å². The number of nitrogens with zero attached hydrogens (tertiary/aromatic N) is 1. The predicted octanol–water partition coefficient (Wildman–Crippen LogP) is 4.05. The van der Waals surface area contributed by atoms with E-state index < -0.39 is 59.9 Å². The molecule has 1 aliphatic heterocycles. The number of hydrogen-bond donors (Lipinski definition) is 3. The van der Waals surface area contributed by atoms with Gasteiger partial charge in [-0.3, -0.25) is 24.0 Å². The van der Waals surface area contributed by atoms with Crippen LogP contribution in [0.4, 0.5) is 4.79 Å². The van der Waals surface area contributed by atoms with Crippen molar-refractivity contribution >= 4 is 35.6 Å². The SMILES string of the molecule is CC(C)(C)OC(=O)N[C@H](C(=O)N1CC2[C@@H](C1C(=O)NC(CC1CCC1)C(=O)C(=O)NCC(=O)OCc1ccccc1)C2(C)C)C1CCCCC1. The third kappa shape index (κ3) is 9.03. The van der Waals surface area contributed by atoms with Crippen molar-refractivity contribution in [2.45, 2.75) is 123 Å². The third-order valence-corrected chi connectivity index (χ3v) is 11.1. The van der Waals surface area contributed by atoms with Gasteiger partial charge in [0.05, 0.1) is 6.04 Å². The van der Waals surface area contributed by atoms with Crippen LogP contribution in [0.15, 0.2) is 30.3 Å². The van der Waals surface area contributed by atoms with Crippen molar-refractivity contribution in [1.29, 1.82) is 0 Å². The first-order valence-electron chi connectivity index (χ1n) is 18.3. The summed E-state index contributed by atoms with van der Waals surface area (Å²) in [6.45, 7) is 9.35. The summed E-state index contributed by atoms with van der Waals surface area (Å²) in [6, 6.07) is 6.28. The van der Waals surface area contributed by atoms with Crippen molar-refractivity contribution in [3.63, 3.8) is 0 Å². The fourth-order valence-corrected chi connectivity index (χ4v) is 8.01.